The first kappa shape index (κ1) is 12.9. The molecule has 2 aromatic rings. The van der Waals surface area contributed by atoms with Gasteiger partial charge in [0.15, 0.2) is 0 Å². The van der Waals surface area contributed by atoms with E-state index >= 15 is 0 Å². The van der Waals surface area contributed by atoms with Crippen LogP contribution < -0.4 is 0 Å². The molecule has 0 fully saturated rings. The van der Waals surface area contributed by atoms with E-state index in [1.54, 1.807) is 23.9 Å². The summed E-state index contributed by atoms with van der Waals surface area (Å²) < 4.78 is 0. The molecular formula is C13H10ClNO2S. The summed E-state index contributed by atoms with van der Waals surface area (Å²) in [6, 6.07) is 14.2. The Kier molecular flexibility index (Phi) is 4.23. The van der Waals surface area contributed by atoms with Gasteiger partial charge in [0.05, 0.1) is 4.92 Å². The molecule has 0 amide bonds. The zero-order valence-corrected chi connectivity index (χ0v) is 10.9. The van der Waals surface area contributed by atoms with Crippen LogP contribution in [0.25, 0.3) is 0 Å². The molecule has 0 aliphatic heterocycles. The molecule has 0 spiro atoms. The van der Waals surface area contributed by atoms with Gasteiger partial charge in [0, 0.05) is 27.8 Å². The van der Waals surface area contributed by atoms with E-state index in [0.717, 1.165) is 16.2 Å². The second kappa shape index (κ2) is 5.89. The first-order chi connectivity index (χ1) is 8.65. The van der Waals surface area contributed by atoms with Crippen LogP contribution >= 0.6 is 23.4 Å². The number of benzene rings is 2. The van der Waals surface area contributed by atoms with Crippen LogP contribution in [-0.4, -0.2) is 4.92 Å². The molecule has 2 aromatic carbocycles. The molecule has 0 N–H and O–H groups in total. The molecule has 0 unspecified atom stereocenters. The van der Waals surface area contributed by atoms with Gasteiger partial charge in [-0.3, -0.25) is 10.1 Å². The first-order valence-corrected chi connectivity index (χ1v) is 6.63. The lowest BCUT2D eigenvalue weighted by Crippen LogP contribution is -1.87. The molecule has 0 aromatic heterocycles. The minimum absolute atomic E-state index is 0.121. The summed E-state index contributed by atoms with van der Waals surface area (Å²) >= 11 is 7.37. The molecule has 0 heterocycles. The van der Waals surface area contributed by atoms with Crippen LogP contribution in [0.3, 0.4) is 0 Å². The molecule has 0 aliphatic carbocycles. The van der Waals surface area contributed by atoms with Crippen molar-refractivity contribution in [1.82, 2.24) is 0 Å². The van der Waals surface area contributed by atoms with Crippen LogP contribution in [0.1, 0.15) is 5.56 Å². The van der Waals surface area contributed by atoms with Gasteiger partial charge < -0.3 is 0 Å². The number of rotatable bonds is 4. The van der Waals surface area contributed by atoms with Gasteiger partial charge in [0.2, 0.25) is 0 Å². The third kappa shape index (κ3) is 3.48. The summed E-state index contributed by atoms with van der Waals surface area (Å²) in [6.07, 6.45) is 0. The zero-order chi connectivity index (χ0) is 13.0. The third-order valence-electron chi connectivity index (χ3n) is 2.35. The number of nitrogens with zero attached hydrogens (tertiary/aromatic N) is 1. The van der Waals surface area contributed by atoms with Gasteiger partial charge >= 0.3 is 0 Å². The molecule has 5 heteroatoms. The van der Waals surface area contributed by atoms with Crippen molar-refractivity contribution < 1.29 is 4.92 Å². The van der Waals surface area contributed by atoms with E-state index in [9.17, 15) is 10.1 Å². The summed E-state index contributed by atoms with van der Waals surface area (Å²) in [7, 11) is 0. The van der Waals surface area contributed by atoms with Crippen molar-refractivity contribution in [2.75, 3.05) is 0 Å². The average Bonchev–Trinajstić information content (AvgIpc) is 2.38. The van der Waals surface area contributed by atoms with Crippen molar-refractivity contribution in [3.8, 4) is 0 Å². The van der Waals surface area contributed by atoms with Gasteiger partial charge in [-0.25, -0.2) is 0 Å². The molecule has 18 heavy (non-hydrogen) atoms. The second-order valence-electron chi connectivity index (χ2n) is 3.67. The Balaban J connectivity index is 2.04. The van der Waals surface area contributed by atoms with Crippen molar-refractivity contribution >= 4 is 29.1 Å². The van der Waals surface area contributed by atoms with Gasteiger partial charge in [-0.15, -0.1) is 11.8 Å². The van der Waals surface area contributed by atoms with Crippen molar-refractivity contribution in [2.24, 2.45) is 0 Å². The highest BCUT2D eigenvalue weighted by Gasteiger charge is 2.05. The Hall–Kier alpha value is -1.52. The largest absolute Gasteiger partial charge is 0.270 e. The molecule has 0 saturated heterocycles. The smallest absolute Gasteiger partial charge is 0.258 e. The first-order valence-electron chi connectivity index (χ1n) is 5.27. The molecule has 0 aliphatic rings. The van der Waals surface area contributed by atoms with Gasteiger partial charge in [0.1, 0.15) is 0 Å². The fourth-order valence-corrected chi connectivity index (χ4v) is 2.46. The van der Waals surface area contributed by atoms with Gasteiger partial charge in [-0.1, -0.05) is 29.8 Å². The Labute approximate surface area is 114 Å². The molecule has 0 bridgehead atoms. The van der Waals surface area contributed by atoms with Crippen LogP contribution in [0.15, 0.2) is 53.4 Å². The number of nitro groups is 1. The summed E-state index contributed by atoms with van der Waals surface area (Å²) in [5.41, 5.74) is 1.26. The van der Waals surface area contributed by atoms with E-state index in [4.69, 9.17) is 11.6 Å². The maximum atomic E-state index is 10.6. The molecule has 2 rings (SSSR count). The number of halogens is 1. The lowest BCUT2D eigenvalue weighted by Gasteiger charge is -2.02. The Morgan fingerprint density at radius 1 is 1.17 bits per heavy atom. The maximum Gasteiger partial charge on any atom is 0.270 e. The number of nitro benzene ring substituents is 1. The van der Waals surface area contributed by atoms with Gasteiger partial charge in [0.25, 0.3) is 5.69 Å². The number of hydrogen-bond acceptors (Lipinski definition) is 3. The Morgan fingerprint density at radius 3 is 2.56 bits per heavy atom. The molecule has 0 saturated carbocycles. The lowest BCUT2D eigenvalue weighted by molar-refractivity contribution is -0.385. The topological polar surface area (TPSA) is 43.1 Å². The second-order valence-corrected chi connectivity index (χ2v) is 5.15. The standard InChI is InChI=1S/C13H10ClNO2S/c14-11-6-4-10(5-7-11)9-18-13-3-1-2-12(8-13)15(16)17/h1-8H,9H2. The van der Waals surface area contributed by atoms with Crippen LogP contribution in [0.2, 0.25) is 5.02 Å². The minimum atomic E-state index is -0.383. The molecule has 3 nitrogen and oxygen atoms in total. The minimum Gasteiger partial charge on any atom is -0.258 e. The van der Waals surface area contributed by atoms with E-state index < -0.39 is 0 Å². The molecule has 0 atom stereocenters. The summed E-state index contributed by atoms with van der Waals surface area (Å²) in [5.74, 6) is 0.762. The molecule has 92 valence electrons. The van der Waals surface area contributed by atoms with Crippen LogP contribution in [0.4, 0.5) is 5.69 Å². The normalized spacial score (nSPS) is 10.3. The predicted molar refractivity (Wildman–Crippen MR) is 74.1 cm³/mol. The van der Waals surface area contributed by atoms with Gasteiger partial charge in [-0.05, 0) is 23.8 Å². The zero-order valence-electron chi connectivity index (χ0n) is 9.38. The van der Waals surface area contributed by atoms with E-state index in [2.05, 4.69) is 0 Å². The predicted octanol–water partition coefficient (Wildman–Crippen LogP) is 4.54. The number of thioether (sulfide) groups is 1. The highest BCUT2D eigenvalue weighted by Crippen LogP contribution is 2.26. The number of hydrogen-bond donors (Lipinski definition) is 0. The summed E-state index contributed by atoms with van der Waals surface area (Å²) in [4.78, 5) is 11.2. The monoisotopic (exact) mass is 279 g/mol. The van der Waals surface area contributed by atoms with E-state index in [1.807, 2.05) is 30.3 Å². The van der Waals surface area contributed by atoms with Gasteiger partial charge in [-0.2, -0.15) is 0 Å². The lowest BCUT2D eigenvalue weighted by atomic mass is 10.2. The summed E-state index contributed by atoms with van der Waals surface area (Å²) in [6.45, 7) is 0. The van der Waals surface area contributed by atoms with E-state index in [0.29, 0.717) is 5.02 Å². The van der Waals surface area contributed by atoms with Crippen molar-refractivity contribution in [2.45, 2.75) is 10.6 Å². The third-order valence-corrected chi connectivity index (χ3v) is 3.66. The van der Waals surface area contributed by atoms with Crippen LogP contribution in [0, 0.1) is 10.1 Å². The van der Waals surface area contributed by atoms with Crippen molar-refractivity contribution in [1.29, 1.82) is 0 Å². The summed E-state index contributed by atoms with van der Waals surface area (Å²) in [5, 5.41) is 11.4. The van der Waals surface area contributed by atoms with Crippen LogP contribution in [-0.2, 0) is 5.75 Å². The SMILES string of the molecule is O=[N+]([O-])c1cccc(SCc2ccc(Cl)cc2)c1. The Morgan fingerprint density at radius 2 is 1.89 bits per heavy atom. The van der Waals surface area contributed by atoms with E-state index in [-0.39, 0.29) is 10.6 Å². The van der Waals surface area contributed by atoms with Crippen molar-refractivity contribution in [3.63, 3.8) is 0 Å². The Bertz CT molecular complexity index is 557. The highest BCUT2D eigenvalue weighted by molar-refractivity contribution is 7.98. The molecular weight excluding hydrogens is 270 g/mol. The van der Waals surface area contributed by atoms with Crippen LogP contribution in [0.5, 0.6) is 0 Å². The maximum absolute atomic E-state index is 10.6. The van der Waals surface area contributed by atoms with E-state index in [1.165, 1.54) is 6.07 Å². The fourth-order valence-electron chi connectivity index (χ4n) is 1.43. The van der Waals surface area contributed by atoms with Crippen molar-refractivity contribution in [3.05, 3.63) is 69.2 Å². The quantitative estimate of drug-likeness (QED) is 0.469. The fraction of sp³-hybridized carbons (Fsp3) is 0.0769. The number of non-ortho nitro benzene ring substituents is 1. The highest BCUT2D eigenvalue weighted by atomic mass is 35.5. The molecule has 0 radical (unpaired) electrons. The average molecular weight is 280 g/mol.